The summed E-state index contributed by atoms with van der Waals surface area (Å²) >= 11 is 0. The Morgan fingerprint density at radius 3 is 2.15 bits per heavy atom. The number of aryl methyl sites for hydroxylation is 1. The summed E-state index contributed by atoms with van der Waals surface area (Å²) in [4.78, 5) is 23.7. The van der Waals surface area contributed by atoms with Gasteiger partial charge in [-0.3, -0.25) is 4.79 Å². The van der Waals surface area contributed by atoms with Crippen molar-refractivity contribution in [3.05, 3.63) is 59.2 Å². The lowest BCUT2D eigenvalue weighted by molar-refractivity contribution is 0.0695. The van der Waals surface area contributed by atoms with Crippen molar-refractivity contribution in [1.29, 1.82) is 0 Å². The molecule has 0 saturated carbocycles. The largest absolute Gasteiger partial charge is 0.478 e. The van der Waals surface area contributed by atoms with Gasteiger partial charge >= 0.3 is 5.97 Å². The van der Waals surface area contributed by atoms with Crippen molar-refractivity contribution >= 4 is 27.6 Å². The Kier molecular flexibility index (Phi) is 6.35. The van der Waals surface area contributed by atoms with Crippen LogP contribution in [0.25, 0.3) is 0 Å². The second-order valence-electron chi connectivity index (χ2n) is 5.90. The van der Waals surface area contributed by atoms with Gasteiger partial charge in [-0.25, -0.2) is 13.2 Å². The number of carbonyl (C=O) groups excluding carboxylic acids is 1. The number of carboxylic acids is 1. The molecular weight excluding hydrogens is 368 g/mol. The molecule has 0 saturated heterocycles. The van der Waals surface area contributed by atoms with Crippen molar-refractivity contribution in [2.45, 2.75) is 25.7 Å². The zero-order valence-electron chi connectivity index (χ0n) is 15.4. The molecule has 0 unspecified atom stereocenters. The van der Waals surface area contributed by atoms with Gasteiger partial charge < -0.3 is 10.4 Å². The number of carbonyl (C=O) groups is 2. The minimum absolute atomic E-state index is 0.105. The Balaban J connectivity index is 2.22. The third-order valence-corrected chi connectivity index (χ3v) is 6.25. The van der Waals surface area contributed by atoms with E-state index in [9.17, 15) is 18.0 Å². The van der Waals surface area contributed by atoms with E-state index in [0.29, 0.717) is 24.3 Å². The molecule has 27 heavy (non-hydrogen) atoms. The molecule has 0 aliphatic heterocycles. The van der Waals surface area contributed by atoms with E-state index in [1.165, 1.54) is 34.6 Å². The second-order valence-corrected chi connectivity index (χ2v) is 7.84. The van der Waals surface area contributed by atoms with Crippen LogP contribution in [0.4, 0.5) is 5.69 Å². The van der Waals surface area contributed by atoms with Gasteiger partial charge in [-0.2, -0.15) is 4.31 Å². The molecule has 0 spiro atoms. The number of rotatable bonds is 7. The maximum Gasteiger partial charge on any atom is 0.336 e. The van der Waals surface area contributed by atoms with Gasteiger partial charge in [0, 0.05) is 24.3 Å². The first-order valence-electron chi connectivity index (χ1n) is 8.46. The van der Waals surface area contributed by atoms with Crippen LogP contribution < -0.4 is 5.32 Å². The predicted molar refractivity (Wildman–Crippen MR) is 103 cm³/mol. The maximum absolute atomic E-state index is 12.5. The molecule has 0 bridgehead atoms. The minimum atomic E-state index is -3.59. The van der Waals surface area contributed by atoms with Crippen molar-refractivity contribution in [1.82, 2.24) is 4.31 Å². The van der Waals surface area contributed by atoms with Crippen molar-refractivity contribution in [3.8, 4) is 0 Å². The van der Waals surface area contributed by atoms with Crippen LogP contribution in [-0.2, 0) is 10.0 Å². The smallest absolute Gasteiger partial charge is 0.336 e. The number of hydrogen-bond acceptors (Lipinski definition) is 4. The van der Waals surface area contributed by atoms with E-state index in [1.807, 2.05) is 0 Å². The van der Waals surface area contributed by atoms with Gasteiger partial charge in [-0.15, -0.1) is 0 Å². The lowest BCUT2D eigenvalue weighted by Gasteiger charge is -2.18. The van der Waals surface area contributed by atoms with Crippen LogP contribution in [0.1, 0.15) is 40.1 Å². The van der Waals surface area contributed by atoms with E-state index in [-0.39, 0.29) is 16.0 Å². The van der Waals surface area contributed by atoms with Crippen molar-refractivity contribution < 1.29 is 23.1 Å². The fraction of sp³-hybridized carbons (Fsp3) is 0.263. The van der Waals surface area contributed by atoms with Crippen LogP contribution >= 0.6 is 0 Å². The molecule has 2 N–H and O–H groups in total. The molecule has 0 fully saturated rings. The van der Waals surface area contributed by atoms with Gasteiger partial charge in [0.25, 0.3) is 5.91 Å². The zero-order valence-corrected chi connectivity index (χ0v) is 16.2. The SMILES string of the molecule is CCN(CC)S(=O)(=O)c1ccc(C(=O)Nc2ccc(C)c(C(=O)O)c2)cc1. The topological polar surface area (TPSA) is 104 Å². The normalized spacial score (nSPS) is 11.4. The monoisotopic (exact) mass is 390 g/mol. The summed E-state index contributed by atoms with van der Waals surface area (Å²) in [5.74, 6) is -1.53. The molecule has 0 heterocycles. The number of hydrogen-bond donors (Lipinski definition) is 2. The number of benzene rings is 2. The first-order chi connectivity index (χ1) is 12.7. The number of carboxylic acid groups (broad SMARTS) is 1. The zero-order chi connectivity index (χ0) is 20.2. The van der Waals surface area contributed by atoms with Gasteiger partial charge in [0.1, 0.15) is 0 Å². The number of nitrogens with zero attached hydrogens (tertiary/aromatic N) is 1. The number of nitrogens with one attached hydrogen (secondary N) is 1. The van der Waals surface area contributed by atoms with E-state index in [2.05, 4.69) is 5.32 Å². The van der Waals surface area contributed by atoms with E-state index < -0.39 is 21.9 Å². The predicted octanol–water partition coefficient (Wildman–Crippen LogP) is 2.98. The molecule has 2 aromatic carbocycles. The summed E-state index contributed by atoms with van der Waals surface area (Å²) in [6, 6.07) is 10.2. The van der Waals surface area contributed by atoms with Crippen LogP contribution in [0.3, 0.4) is 0 Å². The van der Waals surface area contributed by atoms with Crippen LogP contribution in [0.15, 0.2) is 47.4 Å². The molecule has 8 heteroatoms. The van der Waals surface area contributed by atoms with Crippen LogP contribution in [0.5, 0.6) is 0 Å². The molecule has 0 atom stereocenters. The Hall–Kier alpha value is -2.71. The highest BCUT2D eigenvalue weighted by Gasteiger charge is 2.21. The summed E-state index contributed by atoms with van der Waals surface area (Å²) in [6.45, 7) is 5.91. The molecular formula is C19H22N2O5S. The van der Waals surface area contributed by atoms with Crippen LogP contribution in [0, 0.1) is 6.92 Å². The average molecular weight is 390 g/mol. The first-order valence-corrected chi connectivity index (χ1v) is 9.90. The molecule has 2 aromatic rings. The standard InChI is InChI=1S/C19H22N2O5S/c1-4-21(5-2)27(25,26)16-10-7-14(8-11-16)18(22)20-15-9-6-13(3)17(12-15)19(23)24/h6-12H,4-5H2,1-3H3,(H,20,22)(H,23,24). The van der Waals surface area contributed by atoms with E-state index in [0.717, 1.165) is 0 Å². The van der Waals surface area contributed by atoms with Gasteiger partial charge in [-0.05, 0) is 48.9 Å². The number of anilines is 1. The fourth-order valence-corrected chi connectivity index (χ4v) is 4.08. The highest BCUT2D eigenvalue weighted by Crippen LogP contribution is 2.19. The lowest BCUT2D eigenvalue weighted by Crippen LogP contribution is -2.30. The summed E-state index contributed by atoms with van der Waals surface area (Å²) in [5, 5.41) is 11.8. The molecule has 2 rings (SSSR count). The van der Waals surface area contributed by atoms with Gasteiger partial charge in [0.05, 0.1) is 10.5 Å². The Morgan fingerprint density at radius 1 is 1.04 bits per heavy atom. The third kappa shape index (κ3) is 4.53. The molecule has 0 aliphatic rings. The summed E-state index contributed by atoms with van der Waals surface area (Å²) in [7, 11) is -3.59. The third-order valence-electron chi connectivity index (χ3n) is 4.19. The fourth-order valence-electron chi connectivity index (χ4n) is 2.62. The number of sulfonamides is 1. The van der Waals surface area contributed by atoms with Crippen molar-refractivity contribution in [3.63, 3.8) is 0 Å². The molecule has 7 nitrogen and oxygen atoms in total. The highest BCUT2D eigenvalue weighted by atomic mass is 32.2. The highest BCUT2D eigenvalue weighted by molar-refractivity contribution is 7.89. The number of aromatic carboxylic acids is 1. The van der Waals surface area contributed by atoms with E-state index in [4.69, 9.17) is 5.11 Å². The van der Waals surface area contributed by atoms with Crippen LogP contribution in [0.2, 0.25) is 0 Å². The quantitative estimate of drug-likeness (QED) is 0.756. The summed E-state index contributed by atoms with van der Waals surface area (Å²) in [5.41, 5.74) is 1.31. The molecule has 1 amide bonds. The molecule has 0 aromatic heterocycles. The average Bonchev–Trinajstić information content (AvgIpc) is 2.64. The van der Waals surface area contributed by atoms with E-state index >= 15 is 0 Å². The van der Waals surface area contributed by atoms with Crippen molar-refractivity contribution in [2.75, 3.05) is 18.4 Å². The van der Waals surface area contributed by atoms with Crippen molar-refractivity contribution in [2.24, 2.45) is 0 Å². The van der Waals surface area contributed by atoms with E-state index in [1.54, 1.807) is 32.9 Å². The minimum Gasteiger partial charge on any atom is -0.478 e. The van der Waals surface area contributed by atoms with Gasteiger partial charge in [-0.1, -0.05) is 19.9 Å². The molecule has 0 radical (unpaired) electrons. The summed E-state index contributed by atoms with van der Waals surface area (Å²) in [6.07, 6.45) is 0. The molecule has 0 aliphatic carbocycles. The molecule has 144 valence electrons. The Bertz CT molecular complexity index is 949. The van der Waals surface area contributed by atoms with Gasteiger partial charge in [0.2, 0.25) is 10.0 Å². The second kappa shape index (κ2) is 8.32. The number of amides is 1. The first kappa shape index (κ1) is 20.6. The summed E-state index contributed by atoms with van der Waals surface area (Å²) < 4.78 is 26.3. The van der Waals surface area contributed by atoms with Gasteiger partial charge in [0.15, 0.2) is 0 Å². The Morgan fingerprint density at radius 2 is 1.63 bits per heavy atom. The Labute approximate surface area is 158 Å². The maximum atomic E-state index is 12.5. The van der Waals surface area contributed by atoms with Crippen LogP contribution in [-0.4, -0.2) is 42.8 Å². The lowest BCUT2D eigenvalue weighted by atomic mass is 10.1.